The molecule has 612 valence electrons. The molecular weight excluding hydrogens is 1370 g/mol. The minimum absolute atomic E-state index is 0.165. The van der Waals surface area contributed by atoms with E-state index in [1.165, 1.54) is 6.92 Å². The van der Waals surface area contributed by atoms with Crippen LogP contribution in [0.5, 0.6) is 0 Å². The Kier molecular flexibility index (Phi) is 38.3. The summed E-state index contributed by atoms with van der Waals surface area (Å²) in [7, 11) is 0. The lowest BCUT2D eigenvalue weighted by Gasteiger charge is -2.39. The number of ether oxygens (including phenoxy) is 9. The summed E-state index contributed by atoms with van der Waals surface area (Å²) in [6, 6.07) is -1.25. The molecule has 0 heterocycles. The van der Waals surface area contributed by atoms with Gasteiger partial charge in [0.25, 0.3) is 0 Å². The molecule has 0 bridgehead atoms. The van der Waals surface area contributed by atoms with E-state index >= 15 is 14.4 Å². The van der Waals surface area contributed by atoms with E-state index in [-0.39, 0.29) is 135 Å². The van der Waals surface area contributed by atoms with Crippen molar-refractivity contribution in [3.8, 4) is 0 Å². The van der Waals surface area contributed by atoms with Gasteiger partial charge in [0.15, 0.2) is 0 Å². The highest BCUT2D eigenvalue weighted by atomic mass is 16.6. The van der Waals surface area contributed by atoms with Crippen LogP contribution in [0, 0.1) is 0 Å². The summed E-state index contributed by atoms with van der Waals surface area (Å²) in [6.45, 7) is 46.8. The van der Waals surface area contributed by atoms with Crippen molar-refractivity contribution in [2.24, 2.45) is 5.73 Å². The Labute approximate surface area is 633 Å². The molecule has 0 radical (unpaired) electrons. The average Bonchev–Trinajstić information content (AvgIpc) is 0.832. The summed E-state index contributed by atoms with van der Waals surface area (Å²) in [5.74, 6) is -8.85. The predicted molar refractivity (Wildman–Crippen MR) is 401 cm³/mol. The van der Waals surface area contributed by atoms with Gasteiger partial charge in [-0.2, -0.15) is 0 Å². The van der Waals surface area contributed by atoms with E-state index < -0.39 is 175 Å². The third kappa shape index (κ3) is 49.8. The number of nitrogens with two attached hydrogens (primary N) is 1. The van der Waals surface area contributed by atoms with Gasteiger partial charge in [0.1, 0.15) is 50.4 Å². The Balaban J connectivity index is 9.04. The van der Waals surface area contributed by atoms with E-state index in [0.29, 0.717) is 0 Å². The molecular formula is C79H139N5O22. The molecule has 27 nitrogen and oxygen atoms in total. The Morgan fingerprint density at radius 2 is 0.330 bits per heavy atom. The van der Waals surface area contributed by atoms with Crippen LogP contribution < -0.4 is 27.0 Å². The molecule has 0 aliphatic heterocycles. The van der Waals surface area contributed by atoms with Crippen molar-refractivity contribution in [1.29, 1.82) is 0 Å². The fraction of sp³-hybridized carbons (Fsp3) is 0.835. The van der Waals surface area contributed by atoms with Gasteiger partial charge in [0.05, 0.1) is 6.04 Å². The summed E-state index contributed by atoms with van der Waals surface area (Å²) in [4.78, 5) is 183. The summed E-state index contributed by atoms with van der Waals surface area (Å²) >= 11 is 0. The van der Waals surface area contributed by atoms with Crippen LogP contribution in [-0.4, -0.2) is 156 Å². The van der Waals surface area contributed by atoms with Gasteiger partial charge in [-0.05, 0) is 271 Å². The monoisotopic (exact) mass is 1510 g/mol. The van der Waals surface area contributed by atoms with Gasteiger partial charge in [-0.1, -0.05) is 0 Å². The molecule has 1 atom stereocenters. The Morgan fingerprint density at radius 1 is 0.217 bits per heavy atom. The largest absolute Gasteiger partial charge is 0.460 e. The smallest absolute Gasteiger partial charge is 0.306 e. The van der Waals surface area contributed by atoms with Crippen LogP contribution in [0.15, 0.2) is 0 Å². The molecule has 27 heteroatoms. The summed E-state index contributed by atoms with van der Waals surface area (Å²) in [5.41, 5.74) is -8.43. The number of carbonyl (C=O) groups is 13. The third-order valence-electron chi connectivity index (χ3n) is 15.6. The first-order valence-corrected chi connectivity index (χ1v) is 37.5. The number of hydrogen-bond donors (Lipinski definition) is 5. The second-order valence-corrected chi connectivity index (χ2v) is 37.3. The maximum Gasteiger partial charge on any atom is 0.306 e. The lowest BCUT2D eigenvalue weighted by Crippen LogP contribution is -2.56. The van der Waals surface area contributed by atoms with Crippen molar-refractivity contribution in [2.75, 3.05) is 0 Å². The van der Waals surface area contributed by atoms with Crippen LogP contribution in [-0.2, 0) is 105 Å². The highest BCUT2D eigenvalue weighted by Crippen LogP contribution is 2.35. The molecule has 0 saturated heterocycles. The van der Waals surface area contributed by atoms with Crippen molar-refractivity contribution in [3.63, 3.8) is 0 Å². The van der Waals surface area contributed by atoms with Crippen LogP contribution in [0.25, 0.3) is 0 Å². The standard InChI is InChI=1S/C79H139N5O22/c1-53(80)66(97)84-79(41-29-54(85)81-76(44-32-57(88)98-67(2,3)4,45-33-58(89)99-68(5,6)7)46-34-59(90)100-69(8,9)10,42-30-55(86)82-77(47-35-60(91)101-70(11,12)13,48-36-61(92)102-71(14,15)16)49-37-62(93)103-72(17,18)19)43-31-56(87)83-78(50-38-63(94)104-73(20,21)22,51-39-64(95)105-74(23,24)25)52-40-65(96)106-75(26,27)28/h53H,29-52,80H2,1-28H3,(H,81,85)(H,82,86)(H,83,87)(H,84,97)/t53-/m1/s1. The zero-order valence-electron chi connectivity index (χ0n) is 70.1. The predicted octanol–water partition coefficient (Wildman–Crippen LogP) is 12.2. The maximum atomic E-state index is 15.3. The van der Waals surface area contributed by atoms with E-state index in [1.54, 1.807) is 187 Å². The van der Waals surface area contributed by atoms with Gasteiger partial charge in [0, 0.05) is 99.2 Å². The van der Waals surface area contributed by atoms with Crippen molar-refractivity contribution in [1.82, 2.24) is 21.3 Å². The molecule has 0 aliphatic carbocycles. The van der Waals surface area contributed by atoms with E-state index in [4.69, 9.17) is 48.4 Å². The molecule has 0 rings (SSSR count). The highest BCUT2D eigenvalue weighted by molar-refractivity contribution is 5.84. The second-order valence-electron chi connectivity index (χ2n) is 37.3. The Hall–Kier alpha value is -6.93. The van der Waals surface area contributed by atoms with Crippen LogP contribution in [0.2, 0.25) is 0 Å². The van der Waals surface area contributed by atoms with E-state index in [9.17, 15) is 47.9 Å². The van der Waals surface area contributed by atoms with Crippen LogP contribution in [0.3, 0.4) is 0 Å². The van der Waals surface area contributed by atoms with Crippen molar-refractivity contribution < 1.29 is 105 Å². The van der Waals surface area contributed by atoms with Crippen LogP contribution in [0.4, 0.5) is 0 Å². The molecule has 0 saturated carbocycles. The molecule has 0 aromatic heterocycles. The van der Waals surface area contributed by atoms with Crippen molar-refractivity contribution in [3.05, 3.63) is 0 Å². The number of amides is 4. The number of carbonyl (C=O) groups excluding carboxylic acids is 13. The minimum Gasteiger partial charge on any atom is -0.460 e. The molecule has 0 fully saturated rings. The van der Waals surface area contributed by atoms with Gasteiger partial charge in [-0.3, -0.25) is 62.3 Å². The highest BCUT2D eigenvalue weighted by Gasteiger charge is 2.43. The number of hydrogen-bond acceptors (Lipinski definition) is 23. The first kappa shape index (κ1) is 99.1. The Bertz CT molecular complexity index is 2410. The molecule has 6 N–H and O–H groups in total. The fourth-order valence-electron chi connectivity index (χ4n) is 11.4. The lowest BCUT2D eigenvalue weighted by atomic mass is 9.80. The van der Waals surface area contributed by atoms with Gasteiger partial charge in [0.2, 0.25) is 23.6 Å². The topological polar surface area (TPSA) is 379 Å². The molecule has 4 amide bonds. The second kappa shape index (κ2) is 41.0. The molecule has 0 aliphatic rings. The first-order valence-electron chi connectivity index (χ1n) is 37.5. The zero-order valence-corrected chi connectivity index (χ0v) is 70.1. The average molecular weight is 1510 g/mol. The van der Waals surface area contributed by atoms with Crippen LogP contribution in [0.1, 0.15) is 348 Å². The maximum absolute atomic E-state index is 15.3. The van der Waals surface area contributed by atoms with Gasteiger partial charge in [-0.25, -0.2) is 0 Å². The van der Waals surface area contributed by atoms with Crippen molar-refractivity contribution in [2.45, 2.75) is 427 Å². The van der Waals surface area contributed by atoms with Gasteiger partial charge in [-0.15, -0.1) is 0 Å². The van der Waals surface area contributed by atoms with Crippen molar-refractivity contribution >= 4 is 77.4 Å². The molecule has 0 aromatic rings. The molecule has 106 heavy (non-hydrogen) atoms. The molecule has 0 unspecified atom stereocenters. The quantitative estimate of drug-likeness (QED) is 0.0280. The molecule has 0 aromatic carbocycles. The number of esters is 9. The van der Waals surface area contributed by atoms with E-state index in [0.717, 1.165) is 0 Å². The molecule has 0 spiro atoms. The first-order chi connectivity index (χ1) is 47.5. The minimum atomic E-state index is -1.79. The van der Waals surface area contributed by atoms with E-state index in [2.05, 4.69) is 21.3 Å². The number of rotatable bonds is 41. The van der Waals surface area contributed by atoms with E-state index in [1.807, 2.05) is 0 Å². The summed E-state index contributed by atoms with van der Waals surface area (Å²) in [6.07, 6.45) is -6.90. The van der Waals surface area contributed by atoms with Crippen LogP contribution >= 0.6 is 0 Å². The van der Waals surface area contributed by atoms with Gasteiger partial charge < -0.3 is 69.6 Å². The number of nitrogens with one attached hydrogen (secondary N) is 4. The lowest BCUT2D eigenvalue weighted by molar-refractivity contribution is -0.158. The SMILES string of the molecule is C[C@@H](N)C(=O)NC(CCC(=O)NC(CCC(=O)OC(C)(C)C)(CCC(=O)OC(C)(C)C)CCC(=O)OC(C)(C)C)(CCC(=O)NC(CCC(=O)OC(C)(C)C)(CCC(=O)OC(C)(C)C)CCC(=O)OC(C)(C)C)CCC(=O)NC(CCC(=O)OC(C)(C)C)(CCC(=O)OC(C)(C)C)CCC(=O)OC(C)(C)C. The zero-order chi connectivity index (χ0) is 82.7. The Morgan fingerprint density at radius 3 is 0.443 bits per heavy atom. The third-order valence-corrected chi connectivity index (χ3v) is 15.6. The summed E-state index contributed by atoms with van der Waals surface area (Å²) in [5, 5.41) is 12.2. The normalized spacial score (nSPS) is 13.4. The fourth-order valence-corrected chi connectivity index (χ4v) is 11.4. The summed E-state index contributed by atoms with van der Waals surface area (Å²) < 4.78 is 51.3. The van der Waals surface area contributed by atoms with Gasteiger partial charge >= 0.3 is 53.7 Å².